The van der Waals surface area contributed by atoms with Gasteiger partial charge in [-0.3, -0.25) is 10.1 Å². The Bertz CT molecular complexity index is 1390. The van der Waals surface area contributed by atoms with Gasteiger partial charge in [-0.05, 0) is 50.6 Å². The Labute approximate surface area is 194 Å². The van der Waals surface area contributed by atoms with E-state index < -0.39 is 11.1 Å². The zero-order valence-corrected chi connectivity index (χ0v) is 19.1. The molecule has 2 aromatic heterocycles. The molecule has 10 heteroatoms. The maximum absolute atomic E-state index is 12.1. The Morgan fingerprint density at radius 1 is 1.18 bits per heavy atom. The average Bonchev–Trinajstić information content (AvgIpc) is 3.14. The number of carbonyl (C=O) groups excluding carboxylic acids is 1. The first-order chi connectivity index (χ1) is 16.3. The molecule has 0 aliphatic heterocycles. The molecule has 0 saturated carbocycles. The van der Waals surface area contributed by atoms with Crippen LogP contribution in [0.4, 0.5) is 10.5 Å². The minimum atomic E-state index is -0.866. The number of nitrogens with one attached hydrogen (secondary N) is 1. The van der Waals surface area contributed by atoms with Crippen LogP contribution < -0.4 is 9.47 Å². The van der Waals surface area contributed by atoms with Crippen LogP contribution in [0.25, 0.3) is 21.8 Å². The maximum atomic E-state index is 12.1. The number of nitro groups is 1. The molecule has 1 N–H and O–H groups in total. The molecule has 176 valence electrons. The van der Waals surface area contributed by atoms with Crippen molar-refractivity contribution in [3.63, 3.8) is 0 Å². The summed E-state index contributed by atoms with van der Waals surface area (Å²) < 4.78 is 21.6. The van der Waals surface area contributed by atoms with Gasteiger partial charge in [0.15, 0.2) is 0 Å². The van der Waals surface area contributed by atoms with Crippen molar-refractivity contribution in [2.24, 2.45) is 0 Å². The number of nitrogens with zero attached hydrogens (tertiary/aromatic N) is 2. The normalized spacial score (nSPS) is 11.2. The molecular formula is C24H23N3O7. The number of benzene rings is 2. The molecule has 4 aromatic rings. The number of ether oxygens (including phenoxy) is 4. The topological polar surface area (TPSA) is 126 Å². The van der Waals surface area contributed by atoms with Crippen molar-refractivity contribution < 1.29 is 28.7 Å². The third-order valence-corrected chi connectivity index (χ3v) is 5.01. The van der Waals surface area contributed by atoms with Crippen LogP contribution in [0, 0.1) is 17.0 Å². The van der Waals surface area contributed by atoms with Crippen LogP contribution in [0.3, 0.4) is 0 Å². The van der Waals surface area contributed by atoms with Crippen molar-refractivity contribution in [2.75, 3.05) is 7.11 Å². The van der Waals surface area contributed by atoms with Gasteiger partial charge in [-0.25, -0.2) is 9.78 Å². The first-order valence-corrected chi connectivity index (χ1v) is 10.5. The Hall–Kier alpha value is -4.18. The molecule has 2 aromatic carbocycles. The van der Waals surface area contributed by atoms with Gasteiger partial charge in [-0.15, -0.1) is 0 Å². The third kappa shape index (κ3) is 4.62. The van der Waals surface area contributed by atoms with Gasteiger partial charge in [0, 0.05) is 29.5 Å². The summed E-state index contributed by atoms with van der Waals surface area (Å²) in [6.45, 7) is 5.33. The van der Waals surface area contributed by atoms with Crippen LogP contribution in [0.15, 0.2) is 42.6 Å². The summed E-state index contributed by atoms with van der Waals surface area (Å²) in [6.07, 6.45) is 0.341. The first kappa shape index (κ1) is 23.0. The number of rotatable bonds is 7. The molecule has 0 aliphatic carbocycles. The number of aromatic nitrogens is 2. The molecule has 34 heavy (non-hydrogen) atoms. The van der Waals surface area contributed by atoms with Crippen molar-refractivity contribution in [1.29, 1.82) is 0 Å². The van der Waals surface area contributed by atoms with Crippen molar-refractivity contribution >= 4 is 33.6 Å². The zero-order chi connectivity index (χ0) is 24.4. The van der Waals surface area contributed by atoms with Gasteiger partial charge in [0.25, 0.3) is 0 Å². The standard InChI is InChI=1S/C24H23N3O7/c1-13(2)32-24(28)34-23-17(12-31-4)22-16-10-15(6-7-18(16)26-19(22)11-25-23)33-21-8-5-14(3)9-20(21)27(29)30/h5-11,13,26H,12H2,1-4H3. The minimum Gasteiger partial charge on any atom is -0.450 e. The van der Waals surface area contributed by atoms with Crippen LogP contribution in [-0.4, -0.2) is 34.3 Å². The van der Waals surface area contributed by atoms with Gasteiger partial charge in [0.1, 0.15) is 5.75 Å². The van der Waals surface area contributed by atoms with E-state index in [1.54, 1.807) is 57.3 Å². The van der Waals surface area contributed by atoms with E-state index in [1.165, 1.54) is 13.2 Å². The molecule has 4 rings (SSSR count). The summed E-state index contributed by atoms with van der Waals surface area (Å²) in [4.78, 5) is 30.6. The molecule has 0 aliphatic rings. The van der Waals surface area contributed by atoms with Crippen LogP contribution in [0.5, 0.6) is 17.4 Å². The van der Waals surface area contributed by atoms with E-state index in [1.807, 2.05) is 0 Å². The van der Waals surface area contributed by atoms with Crippen LogP contribution in [0.2, 0.25) is 0 Å². The molecule has 0 unspecified atom stereocenters. The molecule has 0 amide bonds. The van der Waals surface area contributed by atoms with Gasteiger partial charge in [0.2, 0.25) is 11.6 Å². The van der Waals surface area contributed by atoms with Crippen LogP contribution in [-0.2, 0) is 16.1 Å². The Morgan fingerprint density at radius 2 is 1.97 bits per heavy atom. The number of fused-ring (bicyclic) bond motifs is 3. The Morgan fingerprint density at radius 3 is 2.68 bits per heavy atom. The molecule has 2 heterocycles. The quantitative estimate of drug-likeness (QED) is 0.206. The monoisotopic (exact) mass is 465 g/mol. The van der Waals surface area contributed by atoms with Crippen LogP contribution in [0.1, 0.15) is 25.0 Å². The fourth-order valence-electron chi connectivity index (χ4n) is 3.63. The summed E-state index contributed by atoms with van der Waals surface area (Å²) >= 11 is 0. The highest BCUT2D eigenvalue weighted by Crippen LogP contribution is 2.37. The van der Waals surface area contributed by atoms with Gasteiger partial charge in [-0.2, -0.15) is 0 Å². The predicted octanol–water partition coefficient (Wildman–Crippen LogP) is 5.80. The zero-order valence-electron chi connectivity index (χ0n) is 19.1. The summed E-state index contributed by atoms with van der Waals surface area (Å²) in [5, 5.41) is 12.9. The number of aryl methyl sites for hydroxylation is 1. The summed E-state index contributed by atoms with van der Waals surface area (Å²) in [7, 11) is 1.52. The van der Waals surface area contributed by atoms with E-state index in [0.29, 0.717) is 16.8 Å². The summed E-state index contributed by atoms with van der Waals surface area (Å²) in [6, 6.07) is 10.0. The van der Waals surface area contributed by atoms with E-state index in [9.17, 15) is 14.9 Å². The number of nitro benzene ring substituents is 1. The second-order valence-electron chi connectivity index (χ2n) is 7.95. The number of carbonyl (C=O) groups is 1. The van der Waals surface area contributed by atoms with Gasteiger partial charge >= 0.3 is 11.8 Å². The highest BCUT2D eigenvalue weighted by atomic mass is 16.7. The smallest absolute Gasteiger partial charge is 0.450 e. The molecule has 0 spiro atoms. The van der Waals surface area contributed by atoms with Crippen LogP contribution >= 0.6 is 0 Å². The summed E-state index contributed by atoms with van der Waals surface area (Å²) in [5.41, 5.74) is 2.66. The lowest BCUT2D eigenvalue weighted by molar-refractivity contribution is -0.385. The van der Waals surface area contributed by atoms with Gasteiger partial charge < -0.3 is 23.9 Å². The number of hydrogen-bond acceptors (Lipinski definition) is 8. The molecule has 0 saturated heterocycles. The first-order valence-electron chi connectivity index (χ1n) is 10.5. The molecular weight excluding hydrogens is 442 g/mol. The van der Waals surface area contributed by atoms with Crippen molar-refractivity contribution in [1.82, 2.24) is 9.97 Å². The molecule has 0 bridgehead atoms. The largest absolute Gasteiger partial charge is 0.515 e. The molecule has 10 nitrogen and oxygen atoms in total. The van der Waals surface area contributed by atoms with E-state index in [0.717, 1.165) is 21.9 Å². The average molecular weight is 465 g/mol. The minimum absolute atomic E-state index is 0.0707. The fraction of sp³-hybridized carbons (Fsp3) is 0.250. The highest BCUT2D eigenvalue weighted by Gasteiger charge is 2.20. The molecule has 0 fully saturated rings. The lowest BCUT2D eigenvalue weighted by Crippen LogP contribution is -2.17. The molecule has 0 atom stereocenters. The SMILES string of the molecule is COCc1c(OC(=O)OC(C)C)ncc2[nH]c3ccc(Oc4ccc(C)cc4[N+](=O)[O-])cc3c12. The summed E-state index contributed by atoms with van der Waals surface area (Å²) in [5.74, 6) is 0.609. The van der Waals surface area contributed by atoms with E-state index in [2.05, 4.69) is 9.97 Å². The van der Waals surface area contributed by atoms with Crippen molar-refractivity contribution in [2.45, 2.75) is 33.5 Å². The fourth-order valence-corrected chi connectivity index (χ4v) is 3.63. The van der Waals surface area contributed by atoms with Gasteiger partial charge in [0.05, 0.1) is 34.9 Å². The number of hydrogen-bond donors (Lipinski definition) is 1. The maximum Gasteiger partial charge on any atom is 0.515 e. The lowest BCUT2D eigenvalue weighted by atomic mass is 10.1. The predicted molar refractivity (Wildman–Crippen MR) is 124 cm³/mol. The number of pyridine rings is 1. The van der Waals surface area contributed by atoms with Crippen molar-refractivity contribution in [3.8, 4) is 17.4 Å². The third-order valence-electron chi connectivity index (χ3n) is 5.01. The highest BCUT2D eigenvalue weighted by molar-refractivity contribution is 6.09. The van der Waals surface area contributed by atoms with Gasteiger partial charge in [-0.1, -0.05) is 6.07 Å². The number of aromatic amines is 1. The number of methoxy groups -OCH3 is 1. The van der Waals surface area contributed by atoms with Crippen molar-refractivity contribution in [3.05, 3.63) is 63.8 Å². The van der Waals surface area contributed by atoms with E-state index >= 15 is 0 Å². The van der Waals surface area contributed by atoms with E-state index in [-0.39, 0.29) is 30.0 Å². The number of H-pyrrole nitrogens is 1. The van der Waals surface area contributed by atoms with E-state index in [4.69, 9.17) is 18.9 Å². The lowest BCUT2D eigenvalue weighted by Gasteiger charge is -2.12. The second kappa shape index (κ2) is 9.36. The Kier molecular flexibility index (Phi) is 6.33. The second-order valence-corrected chi connectivity index (χ2v) is 7.95. The Balaban J connectivity index is 1.80. The molecule has 0 radical (unpaired) electrons.